The van der Waals surface area contributed by atoms with E-state index >= 15 is 0 Å². The molecule has 0 aromatic heterocycles. The van der Waals surface area contributed by atoms with Crippen molar-refractivity contribution in [3.05, 3.63) is 96.6 Å². The van der Waals surface area contributed by atoms with Crippen LogP contribution in [0.2, 0.25) is 0 Å². The number of nitrogens with one attached hydrogen (secondary N) is 1. The molecule has 0 aliphatic carbocycles. The van der Waals surface area contributed by atoms with E-state index in [4.69, 9.17) is 9.47 Å². The quantitative estimate of drug-likeness (QED) is 0.554. The topological polar surface area (TPSA) is 67.8 Å². The summed E-state index contributed by atoms with van der Waals surface area (Å²) in [4.78, 5) is 12.0. The molecule has 0 aliphatic rings. The van der Waals surface area contributed by atoms with Gasteiger partial charge in [-0.1, -0.05) is 60.7 Å². The van der Waals surface area contributed by atoms with Crippen LogP contribution >= 0.6 is 0 Å². The predicted molar refractivity (Wildman–Crippen MR) is 114 cm³/mol. The Labute approximate surface area is 170 Å². The van der Waals surface area contributed by atoms with E-state index in [0.29, 0.717) is 5.75 Å². The van der Waals surface area contributed by atoms with E-state index in [1.807, 2.05) is 66.7 Å². The molecule has 0 heterocycles. The molecule has 3 aromatic carbocycles. The molecule has 2 atom stereocenters. The van der Waals surface area contributed by atoms with Crippen LogP contribution in [0.4, 0.5) is 5.69 Å². The Balaban J connectivity index is 1.88. The van der Waals surface area contributed by atoms with Gasteiger partial charge in [-0.25, -0.2) is 4.79 Å². The maximum absolute atomic E-state index is 12.0. The van der Waals surface area contributed by atoms with Crippen LogP contribution in [0.5, 0.6) is 11.5 Å². The number of hydrogen-bond donors (Lipinski definition) is 2. The number of ether oxygens (including phenoxy) is 2. The molecule has 0 saturated heterocycles. The van der Waals surface area contributed by atoms with Gasteiger partial charge in [0.1, 0.15) is 11.5 Å². The predicted octanol–water partition coefficient (Wildman–Crippen LogP) is 4.72. The van der Waals surface area contributed by atoms with Crippen LogP contribution in [0.15, 0.2) is 91.0 Å². The Bertz CT molecular complexity index is 924. The molecule has 148 valence electrons. The summed E-state index contributed by atoms with van der Waals surface area (Å²) >= 11 is 0. The molecule has 0 aliphatic heterocycles. The first-order valence-electron chi connectivity index (χ1n) is 9.24. The second kappa shape index (κ2) is 9.99. The number of anilines is 1. The molecule has 2 N–H and O–H groups in total. The second-order valence-corrected chi connectivity index (χ2v) is 6.36. The number of benzene rings is 3. The van der Waals surface area contributed by atoms with E-state index in [1.54, 1.807) is 37.5 Å². The smallest absolute Gasteiger partial charge is 0.347 e. The van der Waals surface area contributed by atoms with E-state index in [0.717, 1.165) is 17.0 Å². The molecule has 5 nitrogen and oxygen atoms in total. The zero-order chi connectivity index (χ0) is 20.5. The maximum atomic E-state index is 12.0. The lowest BCUT2D eigenvalue weighted by Crippen LogP contribution is -2.42. The summed E-state index contributed by atoms with van der Waals surface area (Å²) in [6, 6.07) is 25.3. The van der Waals surface area contributed by atoms with Crippen molar-refractivity contribution < 1.29 is 19.4 Å². The number of carboxylic acid groups (broad SMARTS) is 1. The fourth-order valence-electron chi connectivity index (χ4n) is 2.81. The Morgan fingerprint density at radius 3 is 2.10 bits per heavy atom. The Hall–Kier alpha value is -3.73. The molecule has 0 fully saturated rings. The Morgan fingerprint density at radius 1 is 0.897 bits per heavy atom. The van der Waals surface area contributed by atoms with Crippen LogP contribution in [0.1, 0.15) is 5.56 Å². The standard InChI is InChI=1S/C24H23NO4/c1-28-20-15-13-19(14-16-20)25-22(17-12-18-8-4-2-5-9-18)23(24(26)27)29-21-10-6-3-7-11-21/h2-17,22-23,25H,1H3,(H,26,27)/b17-12+/t22-,23-/m1/s1. The number of aliphatic carboxylic acids is 1. The monoisotopic (exact) mass is 389 g/mol. The first kappa shape index (κ1) is 20.0. The minimum absolute atomic E-state index is 0.495. The lowest BCUT2D eigenvalue weighted by atomic mass is 10.1. The average molecular weight is 389 g/mol. The van der Waals surface area contributed by atoms with Crippen LogP contribution in [-0.4, -0.2) is 30.3 Å². The molecule has 29 heavy (non-hydrogen) atoms. The van der Waals surface area contributed by atoms with E-state index in [-0.39, 0.29) is 0 Å². The first-order valence-corrected chi connectivity index (χ1v) is 9.24. The summed E-state index contributed by atoms with van der Waals surface area (Å²) in [6.45, 7) is 0. The fourth-order valence-corrected chi connectivity index (χ4v) is 2.81. The molecule has 0 saturated carbocycles. The molecule has 5 heteroatoms. The zero-order valence-electron chi connectivity index (χ0n) is 16.1. The Kier molecular flexibility index (Phi) is 6.90. The van der Waals surface area contributed by atoms with Gasteiger partial charge >= 0.3 is 5.97 Å². The summed E-state index contributed by atoms with van der Waals surface area (Å²) < 4.78 is 11.0. The molecule has 3 rings (SSSR count). The molecule has 0 spiro atoms. The third kappa shape index (κ3) is 5.87. The van der Waals surface area contributed by atoms with Crippen LogP contribution in [0, 0.1) is 0 Å². The van der Waals surface area contributed by atoms with Crippen LogP contribution in [0.25, 0.3) is 6.08 Å². The first-order chi connectivity index (χ1) is 14.2. The van der Waals surface area contributed by atoms with Gasteiger partial charge in [0.2, 0.25) is 6.10 Å². The SMILES string of the molecule is COc1ccc(N[C@H](/C=C/c2ccccc2)[C@@H](Oc2ccccc2)C(=O)O)cc1. The minimum atomic E-state index is -1.13. The maximum Gasteiger partial charge on any atom is 0.347 e. The van der Waals surface area contributed by atoms with Crippen molar-refractivity contribution in [2.45, 2.75) is 12.1 Å². The van der Waals surface area contributed by atoms with E-state index in [2.05, 4.69) is 5.32 Å². The number of carbonyl (C=O) groups is 1. The number of para-hydroxylation sites is 1. The minimum Gasteiger partial charge on any atom is -0.497 e. The van der Waals surface area contributed by atoms with E-state index in [1.165, 1.54) is 0 Å². The highest BCUT2D eigenvalue weighted by Gasteiger charge is 2.28. The van der Waals surface area contributed by atoms with Gasteiger partial charge in [-0.15, -0.1) is 0 Å². The highest BCUT2D eigenvalue weighted by molar-refractivity contribution is 5.76. The number of rotatable bonds is 9. The molecule has 0 amide bonds. The van der Waals surface area contributed by atoms with Gasteiger partial charge in [0.25, 0.3) is 0 Å². The van der Waals surface area contributed by atoms with Gasteiger partial charge < -0.3 is 19.9 Å². The summed E-state index contributed by atoms with van der Waals surface area (Å²) in [5, 5.41) is 13.1. The van der Waals surface area contributed by atoms with E-state index in [9.17, 15) is 9.90 Å². The zero-order valence-corrected chi connectivity index (χ0v) is 16.1. The van der Waals surface area contributed by atoms with Crippen molar-refractivity contribution in [2.24, 2.45) is 0 Å². The van der Waals surface area contributed by atoms with Gasteiger partial charge in [0, 0.05) is 5.69 Å². The third-order valence-electron chi connectivity index (χ3n) is 4.29. The number of carboxylic acids is 1. The number of methoxy groups -OCH3 is 1. The van der Waals surface area contributed by atoms with Crippen LogP contribution in [0.3, 0.4) is 0 Å². The molecular formula is C24H23NO4. The van der Waals surface area contributed by atoms with Crippen molar-refractivity contribution in [1.82, 2.24) is 0 Å². The van der Waals surface area contributed by atoms with Gasteiger partial charge in [0.15, 0.2) is 0 Å². The van der Waals surface area contributed by atoms with Crippen molar-refractivity contribution in [2.75, 3.05) is 12.4 Å². The van der Waals surface area contributed by atoms with Gasteiger partial charge in [-0.3, -0.25) is 0 Å². The highest BCUT2D eigenvalue weighted by atomic mass is 16.5. The molecule has 3 aromatic rings. The normalized spacial score (nSPS) is 12.9. The molecule has 0 radical (unpaired) electrons. The van der Waals surface area contributed by atoms with Crippen molar-refractivity contribution in [1.29, 1.82) is 0 Å². The number of hydrogen-bond acceptors (Lipinski definition) is 4. The van der Waals surface area contributed by atoms with Crippen molar-refractivity contribution in [3.63, 3.8) is 0 Å². The summed E-state index contributed by atoms with van der Waals surface area (Å²) in [6.07, 6.45) is 2.56. The van der Waals surface area contributed by atoms with Gasteiger partial charge in [-0.2, -0.15) is 0 Å². The molecule has 0 unspecified atom stereocenters. The third-order valence-corrected chi connectivity index (χ3v) is 4.29. The molecule has 0 bridgehead atoms. The van der Waals surface area contributed by atoms with Crippen molar-refractivity contribution in [3.8, 4) is 11.5 Å². The summed E-state index contributed by atoms with van der Waals surface area (Å²) in [5.74, 6) is 0.161. The fraction of sp³-hybridized carbons (Fsp3) is 0.125. The highest BCUT2D eigenvalue weighted by Crippen LogP contribution is 2.20. The Morgan fingerprint density at radius 2 is 1.52 bits per heavy atom. The lowest BCUT2D eigenvalue weighted by Gasteiger charge is -2.24. The second-order valence-electron chi connectivity index (χ2n) is 6.36. The summed E-state index contributed by atoms with van der Waals surface area (Å²) in [5.41, 5.74) is 1.73. The van der Waals surface area contributed by atoms with E-state index < -0.39 is 18.1 Å². The molecular weight excluding hydrogens is 366 g/mol. The van der Waals surface area contributed by atoms with Gasteiger partial charge in [0.05, 0.1) is 13.2 Å². The van der Waals surface area contributed by atoms with Gasteiger partial charge in [-0.05, 0) is 42.0 Å². The largest absolute Gasteiger partial charge is 0.497 e. The summed E-state index contributed by atoms with van der Waals surface area (Å²) in [7, 11) is 1.60. The lowest BCUT2D eigenvalue weighted by molar-refractivity contribution is -0.145. The van der Waals surface area contributed by atoms with Crippen LogP contribution < -0.4 is 14.8 Å². The van der Waals surface area contributed by atoms with Crippen molar-refractivity contribution >= 4 is 17.7 Å². The van der Waals surface area contributed by atoms with Crippen LogP contribution in [-0.2, 0) is 4.79 Å². The average Bonchev–Trinajstić information content (AvgIpc) is 2.77.